The Morgan fingerprint density at radius 3 is 1.69 bits per heavy atom. The first-order chi connectivity index (χ1) is 12.7. The molecule has 0 aliphatic rings. The molecule has 156 valence electrons. The van der Waals surface area contributed by atoms with Gasteiger partial charge in [0.05, 0.1) is 0 Å². The molecular formula is C24H50OSn. The molecule has 0 aliphatic carbocycles. The number of unbranched alkanes of at least 4 members (excludes halogenated alkanes) is 7. The Bertz CT molecular complexity index is 281. The average molecular weight is 473 g/mol. The van der Waals surface area contributed by atoms with Crippen LogP contribution in [0.4, 0.5) is 0 Å². The van der Waals surface area contributed by atoms with Crippen molar-refractivity contribution in [3.63, 3.8) is 0 Å². The molecule has 1 atom stereocenters. The predicted octanol–water partition coefficient (Wildman–Crippen LogP) is 8.70. The zero-order valence-corrected chi connectivity index (χ0v) is 21.6. The fourth-order valence-electron chi connectivity index (χ4n) is 3.97. The Kier molecular flexibility index (Phi) is 19.2. The van der Waals surface area contributed by atoms with E-state index < -0.39 is 18.4 Å². The number of ether oxygens (including phenoxy) is 1. The van der Waals surface area contributed by atoms with E-state index in [0.29, 0.717) is 6.10 Å². The fraction of sp³-hybridized carbons (Fsp3) is 0.917. The van der Waals surface area contributed by atoms with Crippen molar-refractivity contribution >= 4 is 18.4 Å². The fourth-order valence-corrected chi connectivity index (χ4v) is 18.5. The molecule has 0 aromatic heterocycles. The molecule has 26 heavy (non-hydrogen) atoms. The molecule has 0 saturated carbocycles. The van der Waals surface area contributed by atoms with Gasteiger partial charge < -0.3 is 0 Å². The summed E-state index contributed by atoms with van der Waals surface area (Å²) in [7, 11) is 0. The van der Waals surface area contributed by atoms with Crippen LogP contribution in [0, 0.1) is 0 Å². The second kappa shape index (κ2) is 18.8. The Balaban J connectivity index is 4.68. The minimum atomic E-state index is -2.13. The van der Waals surface area contributed by atoms with Gasteiger partial charge in [0.15, 0.2) is 0 Å². The number of rotatable bonds is 20. The van der Waals surface area contributed by atoms with E-state index in [9.17, 15) is 0 Å². The van der Waals surface area contributed by atoms with Crippen molar-refractivity contribution in [1.29, 1.82) is 0 Å². The van der Waals surface area contributed by atoms with E-state index in [1.807, 2.05) is 0 Å². The molecule has 0 radical (unpaired) electrons. The zero-order valence-electron chi connectivity index (χ0n) is 18.8. The summed E-state index contributed by atoms with van der Waals surface area (Å²) in [6.07, 6.45) is 20.0. The van der Waals surface area contributed by atoms with Gasteiger partial charge in [-0.2, -0.15) is 0 Å². The van der Waals surface area contributed by atoms with Crippen LogP contribution in [0.25, 0.3) is 0 Å². The molecular weight excluding hydrogens is 423 g/mol. The standard InChI is InChI=1S/C12H23O.3C4H9.Sn/c1-4-6-7-8-9-11-12(13-3)10-5-2;3*1-3-4-2;/h5,12H,2-4,6-11H2,1H3;3*1,3-4H2,2H3;. The molecule has 0 aromatic carbocycles. The SMILES string of the molecule is C=CCC(CCCCCCC)O[CH2][Sn]([CH2]CCC)([CH2]CCC)[CH2]CCC. The molecule has 0 fully saturated rings. The quantitative estimate of drug-likeness (QED) is 0.0976. The Labute approximate surface area is 170 Å². The maximum atomic E-state index is 6.67. The summed E-state index contributed by atoms with van der Waals surface area (Å²) in [6, 6.07) is 0. The predicted molar refractivity (Wildman–Crippen MR) is 123 cm³/mol. The van der Waals surface area contributed by atoms with Crippen molar-refractivity contribution in [2.75, 3.05) is 4.62 Å². The van der Waals surface area contributed by atoms with Gasteiger partial charge in [0, 0.05) is 0 Å². The normalized spacial score (nSPS) is 13.1. The second-order valence-electron chi connectivity index (χ2n) is 8.47. The second-order valence-corrected chi connectivity index (χ2v) is 22.1. The molecule has 2 heteroatoms. The monoisotopic (exact) mass is 474 g/mol. The molecule has 0 aliphatic heterocycles. The summed E-state index contributed by atoms with van der Waals surface area (Å²) in [5.41, 5.74) is 0. The van der Waals surface area contributed by atoms with Crippen LogP contribution in [0.1, 0.15) is 111 Å². The van der Waals surface area contributed by atoms with Crippen molar-refractivity contribution < 1.29 is 4.74 Å². The van der Waals surface area contributed by atoms with Crippen LogP contribution in [-0.4, -0.2) is 29.1 Å². The van der Waals surface area contributed by atoms with Crippen LogP contribution in [0.3, 0.4) is 0 Å². The summed E-state index contributed by atoms with van der Waals surface area (Å²) in [6.45, 7) is 13.3. The van der Waals surface area contributed by atoms with Crippen LogP contribution in [-0.2, 0) is 4.74 Å². The van der Waals surface area contributed by atoms with Gasteiger partial charge in [-0.3, -0.25) is 0 Å². The third-order valence-electron chi connectivity index (χ3n) is 5.87. The van der Waals surface area contributed by atoms with E-state index in [0.717, 1.165) is 6.42 Å². The number of hydrogen-bond acceptors (Lipinski definition) is 1. The van der Waals surface area contributed by atoms with Gasteiger partial charge in [-0.25, -0.2) is 0 Å². The van der Waals surface area contributed by atoms with Gasteiger partial charge in [0.1, 0.15) is 0 Å². The van der Waals surface area contributed by atoms with Crippen LogP contribution in [0.15, 0.2) is 12.7 Å². The van der Waals surface area contributed by atoms with Crippen molar-refractivity contribution in [3.05, 3.63) is 12.7 Å². The van der Waals surface area contributed by atoms with Crippen molar-refractivity contribution in [3.8, 4) is 0 Å². The Hall–Kier alpha value is 0.499. The Morgan fingerprint density at radius 1 is 0.731 bits per heavy atom. The van der Waals surface area contributed by atoms with Crippen LogP contribution in [0.2, 0.25) is 13.3 Å². The maximum absolute atomic E-state index is 6.67. The molecule has 0 bridgehead atoms. The van der Waals surface area contributed by atoms with E-state index in [4.69, 9.17) is 4.74 Å². The molecule has 0 N–H and O–H groups in total. The molecule has 0 amide bonds. The topological polar surface area (TPSA) is 9.23 Å². The van der Waals surface area contributed by atoms with E-state index >= 15 is 0 Å². The van der Waals surface area contributed by atoms with Gasteiger partial charge in [-0.15, -0.1) is 0 Å². The van der Waals surface area contributed by atoms with Gasteiger partial charge in [-0.1, -0.05) is 0 Å². The van der Waals surface area contributed by atoms with Crippen molar-refractivity contribution in [2.45, 2.75) is 131 Å². The summed E-state index contributed by atoms with van der Waals surface area (Å²) < 4.78 is 12.5. The molecule has 0 aromatic rings. The zero-order chi connectivity index (χ0) is 19.5. The first-order valence-electron chi connectivity index (χ1n) is 11.9. The van der Waals surface area contributed by atoms with Crippen LogP contribution in [0.5, 0.6) is 0 Å². The van der Waals surface area contributed by atoms with Crippen molar-refractivity contribution in [2.24, 2.45) is 0 Å². The van der Waals surface area contributed by atoms with Crippen molar-refractivity contribution in [1.82, 2.24) is 0 Å². The molecule has 0 spiro atoms. The van der Waals surface area contributed by atoms with E-state index in [2.05, 4.69) is 40.3 Å². The van der Waals surface area contributed by atoms with Gasteiger partial charge in [0.2, 0.25) is 0 Å². The van der Waals surface area contributed by atoms with Gasteiger partial charge >= 0.3 is 171 Å². The summed E-state index contributed by atoms with van der Waals surface area (Å²) in [4.78, 5) is 0. The molecule has 0 saturated heterocycles. The summed E-state index contributed by atoms with van der Waals surface area (Å²) >= 11 is -2.13. The molecule has 1 nitrogen and oxygen atoms in total. The third-order valence-corrected chi connectivity index (χ3v) is 20.2. The first-order valence-corrected chi connectivity index (χ1v) is 20.0. The summed E-state index contributed by atoms with van der Waals surface area (Å²) in [5.74, 6) is 0. The molecule has 0 heterocycles. The van der Waals surface area contributed by atoms with Gasteiger partial charge in [-0.05, 0) is 0 Å². The third kappa shape index (κ3) is 13.6. The summed E-state index contributed by atoms with van der Waals surface area (Å²) in [5, 5.41) is 0. The minimum absolute atomic E-state index is 0.440. The molecule has 1 unspecified atom stereocenters. The van der Waals surface area contributed by atoms with Gasteiger partial charge in [0.25, 0.3) is 0 Å². The van der Waals surface area contributed by atoms with E-state index in [1.165, 1.54) is 81.7 Å². The molecule has 0 rings (SSSR count). The van der Waals surface area contributed by atoms with Crippen LogP contribution < -0.4 is 0 Å². The Morgan fingerprint density at radius 2 is 1.23 bits per heavy atom. The van der Waals surface area contributed by atoms with E-state index in [-0.39, 0.29) is 0 Å². The van der Waals surface area contributed by atoms with Crippen LogP contribution >= 0.6 is 0 Å². The average Bonchev–Trinajstić information content (AvgIpc) is 2.66. The van der Waals surface area contributed by atoms with E-state index in [1.54, 1.807) is 13.3 Å². The number of hydrogen-bond donors (Lipinski definition) is 0. The first kappa shape index (κ1) is 26.5.